The van der Waals surface area contributed by atoms with Gasteiger partial charge in [-0.2, -0.15) is 0 Å². The van der Waals surface area contributed by atoms with Crippen LogP contribution in [-0.2, 0) is 5.54 Å². The van der Waals surface area contributed by atoms with Crippen LogP contribution in [0.5, 0.6) is 0 Å². The van der Waals surface area contributed by atoms with Crippen LogP contribution in [0, 0.1) is 26.7 Å². The Morgan fingerprint density at radius 2 is 1.97 bits per heavy atom. The lowest BCUT2D eigenvalue weighted by atomic mass is 9.99. The number of aromatic nitrogens is 3. The lowest BCUT2D eigenvalue weighted by Crippen LogP contribution is -2.22. The molecule has 1 spiro atoms. The summed E-state index contributed by atoms with van der Waals surface area (Å²) >= 11 is 7.98. The molecule has 2 unspecified atom stereocenters. The molecule has 1 aliphatic carbocycles. The Kier molecular flexibility index (Phi) is 4.42. The van der Waals surface area contributed by atoms with Crippen molar-refractivity contribution in [3.05, 3.63) is 62.5 Å². The predicted octanol–water partition coefficient (Wildman–Crippen LogP) is 4.58. The first-order valence-corrected chi connectivity index (χ1v) is 11.3. The van der Waals surface area contributed by atoms with Crippen LogP contribution in [0.15, 0.2) is 29.3 Å². The Morgan fingerprint density at radius 1 is 1.21 bits per heavy atom. The number of halogens is 1. The van der Waals surface area contributed by atoms with Crippen molar-refractivity contribution in [2.45, 2.75) is 39.7 Å². The van der Waals surface area contributed by atoms with Gasteiger partial charge in [-0.25, -0.2) is 0 Å². The smallest absolute Gasteiger partial charge is 0.166 e. The quantitative estimate of drug-likeness (QED) is 0.665. The van der Waals surface area contributed by atoms with Crippen molar-refractivity contribution in [3.8, 4) is 5.00 Å². The first-order valence-electron chi connectivity index (χ1n) is 10.1. The fourth-order valence-corrected chi connectivity index (χ4v) is 5.67. The second-order valence-corrected chi connectivity index (χ2v) is 9.61. The first-order chi connectivity index (χ1) is 14.0. The van der Waals surface area contributed by atoms with Gasteiger partial charge in [0.2, 0.25) is 0 Å². The highest BCUT2D eigenvalue weighted by molar-refractivity contribution is 7.15. The maximum absolute atomic E-state index is 6.18. The van der Waals surface area contributed by atoms with Gasteiger partial charge >= 0.3 is 0 Å². The molecule has 2 atom stereocenters. The van der Waals surface area contributed by atoms with Crippen molar-refractivity contribution < 1.29 is 0 Å². The number of fused-ring (bicyclic) bond motifs is 4. The molecule has 1 aliphatic heterocycles. The molecule has 3 aromatic rings. The highest BCUT2D eigenvalue weighted by Crippen LogP contribution is 2.57. The molecule has 5 rings (SSSR count). The van der Waals surface area contributed by atoms with Crippen LogP contribution in [0.1, 0.15) is 46.6 Å². The lowest BCUT2D eigenvalue weighted by Gasteiger charge is -2.13. The standard InChI is InChI=1S/C22H24ClN5S/c1-5-24-11-16-10-22(16)21-27-26-14(4)28(21)20-18(12(2)13(3)29-20)19(25-22)15-6-8-17(23)9-7-15/h6-9,16,24H,5,10-11H2,1-4H3. The molecule has 150 valence electrons. The number of nitrogens with one attached hydrogen (secondary N) is 1. The number of benzene rings is 1. The summed E-state index contributed by atoms with van der Waals surface area (Å²) in [7, 11) is 0. The van der Waals surface area contributed by atoms with E-state index in [0.29, 0.717) is 5.92 Å². The number of hydrogen-bond acceptors (Lipinski definition) is 5. The number of hydrogen-bond donors (Lipinski definition) is 1. The monoisotopic (exact) mass is 425 g/mol. The Bertz CT molecular complexity index is 1130. The fraction of sp³-hybridized carbons (Fsp3) is 0.409. The summed E-state index contributed by atoms with van der Waals surface area (Å²) in [5, 5.41) is 14.5. The average molecular weight is 426 g/mol. The van der Waals surface area contributed by atoms with E-state index < -0.39 is 0 Å². The molecule has 0 bridgehead atoms. The van der Waals surface area contributed by atoms with Crippen LogP contribution in [-0.4, -0.2) is 33.6 Å². The summed E-state index contributed by atoms with van der Waals surface area (Å²) in [6.45, 7) is 10.4. The molecule has 2 aliphatic rings. The van der Waals surface area contributed by atoms with Gasteiger partial charge < -0.3 is 5.32 Å². The van der Waals surface area contributed by atoms with E-state index in [1.807, 2.05) is 19.1 Å². The highest BCUT2D eigenvalue weighted by atomic mass is 35.5. The SMILES string of the molecule is CCNCC1CC12N=C(c1ccc(Cl)cc1)c1c(sc(C)c1C)-n1c(C)nnc12. The molecule has 3 heterocycles. The Morgan fingerprint density at radius 3 is 2.69 bits per heavy atom. The van der Waals surface area contributed by atoms with E-state index in [4.69, 9.17) is 16.6 Å². The summed E-state index contributed by atoms with van der Waals surface area (Å²) in [6, 6.07) is 8.04. The molecule has 5 nitrogen and oxygen atoms in total. The third-order valence-electron chi connectivity index (χ3n) is 6.16. The van der Waals surface area contributed by atoms with E-state index in [0.717, 1.165) is 47.5 Å². The normalized spacial score (nSPS) is 22.2. The van der Waals surface area contributed by atoms with Crippen molar-refractivity contribution in [2.24, 2.45) is 10.9 Å². The molecule has 2 aromatic heterocycles. The molecule has 1 aromatic carbocycles. The number of rotatable bonds is 4. The maximum Gasteiger partial charge on any atom is 0.166 e. The second kappa shape index (κ2) is 6.76. The van der Waals surface area contributed by atoms with Crippen molar-refractivity contribution in [1.29, 1.82) is 0 Å². The van der Waals surface area contributed by atoms with Crippen LogP contribution in [0.25, 0.3) is 5.00 Å². The zero-order valence-corrected chi connectivity index (χ0v) is 18.7. The van der Waals surface area contributed by atoms with Gasteiger partial charge in [0.1, 0.15) is 16.4 Å². The van der Waals surface area contributed by atoms with Gasteiger partial charge in [0, 0.05) is 33.5 Å². The number of aliphatic imine (C=N–C) groups is 1. The van der Waals surface area contributed by atoms with Crippen LogP contribution in [0.3, 0.4) is 0 Å². The number of thiophene rings is 1. The van der Waals surface area contributed by atoms with E-state index in [1.54, 1.807) is 11.3 Å². The molecule has 0 saturated heterocycles. The van der Waals surface area contributed by atoms with Crippen molar-refractivity contribution in [2.75, 3.05) is 13.1 Å². The maximum atomic E-state index is 6.18. The Hall–Kier alpha value is -2.02. The van der Waals surface area contributed by atoms with E-state index in [9.17, 15) is 0 Å². The molecule has 1 fully saturated rings. The van der Waals surface area contributed by atoms with Crippen molar-refractivity contribution in [3.63, 3.8) is 0 Å². The van der Waals surface area contributed by atoms with Crippen LogP contribution < -0.4 is 5.32 Å². The van der Waals surface area contributed by atoms with Crippen molar-refractivity contribution in [1.82, 2.24) is 20.1 Å². The summed E-state index contributed by atoms with van der Waals surface area (Å²) in [5.74, 6) is 2.32. The fourth-order valence-electron chi connectivity index (χ4n) is 4.34. The molecular formula is C22H24ClN5S. The average Bonchev–Trinajstić information content (AvgIpc) is 3.18. The summed E-state index contributed by atoms with van der Waals surface area (Å²) in [4.78, 5) is 6.74. The predicted molar refractivity (Wildman–Crippen MR) is 119 cm³/mol. The lowest BCUT2D eigenvalue weighted by molar-refractivity contribution is 0.548. The van der Waals surface area contributed by atoms with Gasteiger partial charge in [-0.3, -0.25) is 9.56 Å². The molecule has 0 radical (unpaired) electrons. The van der Waals surface area contributed by atoms with Gasteiger partial charge in [0.25, 0.3) is 0 Å². The number of aryl methyl sites for hydroxylation is 2. The topological polar surface area (TPSA) is 55.1 Å². The van der Waals surface area contributed by atoms with Crippen LogP contribution >= 0.6 is 22.9 Å². The van der Waals surface area contributed by atoms with Gasteiger partial charge in [-0.1, -0.05) is 30.7 Å². The minimum atomic E-state index is -0.322. The molecule has 1 N–H and O–H groups in total. The zero-order valence-electron chi connectivity index (χ0n) is 17.1. The Labute approximate surface area is 179 Å². The second-order valence-electron chi connectivity index (χ2n) is 7.97. The largest absolute Gasteiger partial charge is 0.317 e. The third kappa shape index (κ3) is 2.80. The summed E-state index contributed by atoms with van der Waals surface area (Å²) in [5.41, 5.74) is 4.30. The van der Waals surface area contributed by atoms with Gasteiger partial charge in [-0.15, -0.1) is 21.5 Å². The van der Waals surface area contributed by atoms with Gasteiger partial charge in [0.05, 0.1) is 5.71 Å². The van der Waals surface area contributed by atoms with Crippen molar-refractivity contribution >= 4 is 28.6 Å². The Balaban J connectivity index is 1.78. The van der Waals surface area contributed by atoms with E-state index in [-0.39, 0.29) is 5.54 Å². The summed E-state index contributed by atoms with van der Waals surface area (Å²) in [6.07, 6.45) is 0.988. The summed E-state index contributed by atoms with van der Waals surface area (Å²) < 4.78 is 2.25. The van der Waals surface area contributed by atoms with Crippen LogP contribution in [0.4, 0.5) is 0 Å². The molecule has 7 heteroatoms. The first kappa shape index (κ1) is 19.0. The van der Waals surface area contributed by atoms with Crippen LogP contribution in [0.2, 0.25) is 5.02 Å². The van der Waals surface area contributed by atoms with Gasteiger partial charge in [-0.05, 0) is 51.4 Å². The van der Waals surface area contributed by atoms with E-state index in [2.05, 4.69) is 53.0 Å². The van der Waals surface area contributed by atoms with E-state index in [1.165, 1.54) is 21.0 Å². The molecule has 1 saturated carbocycles. The molecular weight excluding hydrogens is 402 g/mol. The highest BCUT2D eigenvalue weighted by Gasteiger charge is 2.60. The zero-order chi connectivity index (χ0) is 20.3. The third-order valence-corrected chi connectivity index (χ3v) is 7.61. The minimum Gasteiger partial charge on any atom is -0.317 e. The molecule has 29 heavy (non-hydrogen) atoms. The molecule has 0 amide bonds. The minimum absolute atomic E-state index is 0.322. The van der Waals surface area contributed by atoms with E-state index >= 15 is 0 Å². The van der Waals surface area contributed by atoms with Gasteiger partial charge in [0.15, 0.2) is 5.82 Å². The number of nitrogens with zero attached hydrogens (tertiary/aromatic N) is 4.